The zero-order valence-corrected chi connectivity index (χ0v) is 7.56. The van der Waals surface area contributed by atoms with Gasteiger partial charge >= 0.3 is 0 Å². The molecule has 70 valence electrons. The summed E-state index contributed by atoms with van der Waals surface area (Å²) in [6, 6.07) is 11.5. The average molecular weight is 187 g/mol. The van der Waals surface area contributed by atoms with Gasteiger partial charge in [-0.15, -0.1) is 0 Å². The molecule has 1 aliphatic heterocycles. The Kier molecular flexibility index (Phi) is 2.37. The maximum Gasteiger partial charge on any atom is 0.298 e. The topological polar surface area (TPSA) is 42.2 Å². The van der Waals surface area contributed by atoms with E-state index in [2.05, 4.69) is 6.07 Å². The molecule has 1 saturated heterocycles. The van der Waals surface area contributed by atoms with Crippen LogP contribution in [0.25, 0.3) is 5.57 Å². The minimum absolute atomic E-state index is 0.346. The first-order valence-electron chi connectivity index (χ1n) is 4.37. The number of nitriles is 1. The van der Waals surface area contributed by atoms with Gasteiger partial charge in [0.1, 0.15) is 24.9 Å². The molecule has 1 fully saturated rings. The Bertz CT molecular complexity index is 381. The molecule has 0 radical (unpaired) electrons. The van der Waals surface area contributed by atoms with Crippen molar-refractivity contribution in [2.24, 2.45) is 0 Å². The summed E-state index contributed by atoms with van der Waals surface area (Å²) in [5, 5.41) is 8.97. The first-order chi connectivity index (χ1) is 6.92. The monoisotopic (exact) mass is 187 g/mol. The predicted octanol–water partition coefficient (Wildman–Crippen LogP) is 1.93. The first kappa shape index (κ1) is 8.64. The molecule has 0 bridgehead atoms. The molecule has 0 aliphatic carbocycles. The van der Waals surface area contributed by atoms with Crippen LogP contribution in [0.4, 0.5) is 0 Å². The number of ether oxygens (including phenoxy) is 2. The highest BCUT2D eigenvalue weighted by Crippen LogP contribution is 2.22. The molecular formula is C11H9NO2. The molecule has 1 aromatic rings. The lowest BCUT2D eigenvalue weighted by Crippen LogP contribution is -1.89. The van der Waals surface area contributed by atoms with Crippen LogP contribution in [0.5, 0.6) is 0 Å². The summed E-state index contributed by atoms with van der Waals surface area (Å²) in [4.78, 5) is 0. The van der Waals surface area contributed by atoms with Crippen molar-refractivity contribution in [2.75, 3.05) is 13.2 Å². The molecule has 0 aromatic heterocycles. The van der Waals surface area contributed by atoms with Gasteiger partial charge in [0.25, 0.3) is 5.95 Å². The van der Waals surface area contributed by atoms with E-state index in [9.17, 15) is 0 Å². The molecule has 14 heavy (non-hydrogen) atoms. The summed E-state index contributed by atoms with van der Waals surface area (Å²) in [5.74, 6) is 0.346. The van der Waals surface area contributed by atoms with Crippen molar-refractivity contribution in [3.63, 3.8) is 0 Å². The van der Waals surface area contributed by atoms with Crippen molar-refractivity contribution >= 4 is 5.57 Å². The molecule has 1 aromatic carbocycles. The molecule has 3 nitrogen and oxygen atoms in total. The smallest absolute Gasteiger partial charge is 0.298 e. The molecule has 2 rings (SSSR count). The summed E-state index contributed by atoms with van der Waals surface area (Å²) in [5.41, 5.74) is 1.29. The summed E-state index contributed by atoms with van der Waals surface area (Å²) in [7, 11) is 0. The van der Waals surface area contributed by atoms with E-state index in [1.165, 1.54) is 0 Å². The maximum atomic E-state index is 8.97. The van der Waals surface area contributed by atoms with Crippen LogP contribution in [0, 0.1) is 11.3 Å². The Hall–Kier alpha value is -1.95. The van der Waals surface area contributed by atoms with Gasteiger partial charge in [-0.05, 0) is 5.56 Å². The normalized spacial score (nSPS) is 14.1. The minimum Gasteiger partial charge on any atom is -0.461 e. The van der Waals surface area contributed by atoms with E-state index >= 15 is 0 Å². The van der Waals surface area contributed by atoms with E-state index in [1.54, 1.807) is 0 Å². The molecule has 0 saturated carbocycles. The Morgan fingerprint density at radius 1 is 1.14 bits per heavy atom. The summed E-state index contributed by atoms with van der Waals surface area (Å²) in [6.45, 7) is 1.04. The molecule has 1 aliphatic rings. The zero-order chi connectivity index (χ0) is 9.80. The molecular weight excluding hydrogens is 178 g/mol. The Morgan fingerprint density at radius 3 is 2.36 bits per heavy atom. The second-order valence-electron chi connectivity index (χ2n) is 2.84. The SMILES string of the molecule is N#CC(=C1OCCO1)c1ccccc1. The van der Waals surface area contributed by atoms with Crippen LogP contribution in [-0.4, -0.2) is 13.2 Å². The Morgan fingerprint density at radius 2 is 1.79 bits per heavy atom. The molecule has 1 heterocycles. The Labute approximate surface area is 82.2 Å². The molecule has 3 heteroatoms. The lowest BCUT2D eigenvalue weighted by atomic mass is 10.1. The van der Waals surface area contributed by atoms with E-state index < -0.39 is 0 Å². The third-order valence-corrected chi connectivity index (χ3v) is 1.93. The van der Waals surface area contributed by atoms with Gasteiger partial charge in [0.05, 0.1) is 0 Å². The van der Waals surface area contributed by atoms with Crippen molar-refractivity contribution in [3.05, 3.63) is 41.8 Å². The summed E-state index contributed by atoms with van der Waals surface area (Å²) < 4.78 is 10.4. The van der Waals surface area contributed by atoms with Gasteiger partial charge in [0, 0.05) is 0 Å². The molecule has 0 spiro atoms. The van der Waals surface area contributed by atoms with Crippen LogP contribution in [0.3, 0.4) is 0 Å². The predicted molar refractivity (Wildman–Crippen MR) is 50.9 cm³/mol. The van der Waals surface area contributed by atoms with Crippen molar-refractivity contribution in [1.29, 1.82) is 5.26 Å². The van der Waals surface area contributed by atoms with Gasteiger partial charge in [-0.1, -0.05) is 30.3 Å². The van der Waals surface area contributed by atoms with Gasteiger partial charge < -0.3 is 9.47 Å². The molecule has 0 N–H and O–H groups in total. The Balaban J connectivity index is 2.40. The number of allylic oxidation sites excluding steroid dienone is 1. The highest BCUT2D eigenvalue weighted by Gasteiger charge is 2.16. The van der Waals surface area contributed by atoms with Crippen molar-refractivity contribution in [3.8, 4) is 6.07 Å². The maximum absolute atomic E-state index is 8.97. The van der Waals surface area contributed by atoms with Gasteiger partial charge in [-0.3, -0.25) is 0 Å². The fourth-order valence-electron chi connectivity index (χ4n) is 1.29. The van der Waals surface area contributed by atoms with E-state index in [4.69, 9.17) is 14.7 Å². The zero-order valence-electron chi connectivity index (χ0n) is 7.56. The average Bonchev–Trinajstić information content (AvgIpc) is 2.74. The summed E-state index contributed by atoms with van der Waals surface area (Å²) in [6.07, 6.45) is 0. The lowest BCUT2D eigenvalue weighted by Gasteiger charge is -2.01. The van der Waals surface area contributed by atoms with Crippen molar-refractivity contribution in [2.45, 2.75) is 0 Å². The van der Waals surface area contributed by atoms with Crippen LogP contribution < -0.4 is 0 Å². The second-order valence-corrected chi connectivity index (χ2v) is 2.84. The highest BCUT2D eigenvalue weighted by molar-refractivity contribution is 5.77. The third kappa shape index (κ3) is 1.55. The van der Waals surface area contributed by atoms with Crippen LogP contribution in [0.1, 0.15) is 5.56 Å². The van der Waals surface area contributed by atoms with E-state index in [0.29, 0.717) is 24.7 Å². The fraction of sp³-hybridized carbons (Fsp3) is 0.182. The van der Waals surface area contributed by atoms with Crippen LogP contribution in [-0.2, 0) is 9.47 Å². The number of benzene rings is 1. The molecule has 0 atom stereocenters. The first-order valence-corrected chi connectivity index (χ1v) is 4.37. The lowest BCUT2D eigenvalue weighted by molar-refractivity contribution is 0.179. The number of hydrogen-bond donors (Lipinski definition) is 0. The molecule has 0 amide bonds. The van der Waals surface area contributed by atoms with Gasteiger partial charge in [-0.25, -0.2) is 0 Å². The van der Waals surface area contributed by atoms with Crippen LogP contribution in [0.15, 0.2) is 36.3 Å². The van der Waals surface area contributed by atoms with Gasteiger partial charge in [0.2, 0.25) is 0 Å². The van der Waals surface area contributed by atoms with E-state index in [0.717, 1.165) is 5.56 Å². The number of rotatable bonds is 1. The third-order valence-electron chi connectivity index (χ3n) is 1.93. The van der Waals surface area contributed by atoms with Crippen molar-refractivity contribution in [1.82, 2.24) is 0 Å². The largest absolute Gasteiger partial charge is 0.461 e. The van der Waals surface area contributed by atoms with Gasteiger partial charge in [0.15, 0.2) is 0 Å². The summed E-state index contributed by atoms with van der Waals surface area (Å²) >= 11 is 0. The van der Waals surface area contributed by atoms with Crippen LogP contribution in [0.2, 0.25) is 0 Å². The van der Waals surface area contributed by atoms with Crippen LogP contribution >= 0.6 is 0 Å². The number of hydrogen-bond acceptors (Lipinski definition) is 3. The quantitative estimate of drug-likeness (QED) is 0.631. The second kappa shape index (κ2) is 3.84. The minimum atomic E-state index is 0.346. The van der Waals surface area contributed by atoms with Crippen molar-refractivity contribution < 1.29 is 9.47 Å². The molecule has 0 unspecified atom stereocenters. The van der Waals surface area contributed by atoms with E-state index in [1.807, 2.05) is 30.3 Å². The fourth-order valence-corrected chi connectivity index (χ4v) is 1.29. The highest BCUT2D eigenvalue weighted by atomic mass is 16.7. The van der Waals surface area contributed by atoms with E-state index in [-0.39, 0.29) is 0 Å². The standard InChI is InChI=1S/C11H9NO2/c12-8-10(11-13-6-7-14-11)9-4-2-1-3-5-9/h1-5H,6-7H2. The number of nitrogens with zero attached hydrogens (tertiary/aromatic N) is 1. The van der Waals surface area contributed by atoms with Gasteiger partial charge in [-0.2, -0.15) is 5.26 Å².